The second kappa shape index (κ2) is 16.1. The Labute approximate surface area is 345 Å². The molecule has 312 valence electrons. The smallest absolute Gasteiger partial charge is 0.372 e. The third-order valence-corrected chi connectivity index (χ3v) is 10.1. The third-order valence-electron chi connectivity index (χ3n) is 10.1. The maximum Gasteiger partial charge on any atom is 0.454 e. The number of halogens is 8. The highest BCUT2D eigenvalue weighted by atomic mass is 19.4. The number of Topliss-reactive ketones (excluding diaryl/α,β-unsaturated/α-hetero) is 1. The van der Waals surface area contributed by atoms with Gasteiger partial charge in [0.05, 0.1) is 34.8 Å². The number of benzene rings is 6. The first-order chi connectivity index (χ1) is 29.6. The molecule has 0 aliphatic carbocycles. The number of aromatic nitrogens is 6. The van der Waals surface area contributed by atoms with E-state index in [1.54, 1.807) is 18.2 Å². The minimum Gasteiger partial charge on any atom is -0.372 e. The summed E-state index contributed by atoms with van der Waals surface area (Å²) in [6, 6.07) is 35.5. The largest absolute Gasteiger partial charge is 0.454 e. The maximum absolute atomic E-state index is 14.3. The van der Waals surface area contributed by atoms with Crippen molar-refractivity contribution in [3.8, 4) is 11.4 Å². The number of aromatic amines is 2. The molecule has 6 aromatic carbocycles. The van der Waals surface area contributed by atoms with E-state index >= 15 is 0 Å². The van der Waals surface area contributed by atoms with Crippen LogP contribution in [-0.4, -0.2) is 52.8 Å². The van der Waals surface area contributed by atoms with Gasteiger partial charge in [-0.15, -0.1) is 0 Å². The zero-order valence-electron chi connectivity index (χ0n) is 31.8. The molecule has 16 heteroatoms. The minimum atomic E-state index is -4.97. The molecule has 0 fully saturated rings. The Balaban J connectivity index is 0.000000147. The first kappa shape index (κ1) is 41.2. The van der Waals surface area contributed by atoms with Crippen LogP contribution < -0.4 is 0 Å². The van der Waals surface area contributed by atoms with E-state index in [9.17, 15) is 45.0 Å². The van der Waals surface area contributed by atoms with Gasteiger partial charge in [0.1, 0.15) is 11.6 Å². The molecule has 1 atom stereocenters. The summed E-state index contributed by atoms with van der Waals surface area (Å²) >= 11 is 0. The molecule has 4 heterocycles. The summed E-state index contributed by atoms with van der Waals surface area (Å²) in [5, 5.41) is 21.7. The zero-order valence-corrected chi connectivity index (χ0v) is 31.8. The average molecular weight is 851 g/mol. The van der Waals surface area contributed by atoms with E-state index in [2.05, 4.69) is 38.4 Å². The number of H-pyrrole nitrogens is 2. The molecule has 1 unspecified atom stereocenters. The Morgan fingerprint density at radius 1 is 0.581 bits per heavy atom. The van der Waals surface area contributed by atoms with E-state index in [4.69, 9.17) is 0 Å². The summed E-state index contributed by atoms with van der Waals surface area (Å²) in [6.45, 7) is 0. The lowest BCUT2D eigenvalue weighted by atomic mass is 9.85. The summed E-state index contributed by atoms with van der Waals surface area (Å²) in [5.41, 5.74) is -0.403. The van der Waals surface area contributed by atoms with E-state index in [-0.39, 0.29) is 16.5 Å². The number of nitrogens with zero attached hydrogens (tertiary/aromatic N) is 4. The number of rotatable bonds is 5. The molecular formula is C46H30F8N6O2. The molecule has 0 aliphatic heterocycles. The number of aliphatic hydroxyl groups is 1. The Hall–Kier alpha value is -7.59. The molecule has 3 N–H and O–H groups in total. The number of hydrogen-bond acceptors (Lipinski definition) is 4. The maximum atomic E-state index is 14.3. The number of alkyl halides is 6. The van der Waals surface area contributed by atoms with Crippen molar-refractivity contribution in [2.75, 3.05) is 0 Å². The van der Waals surface area contributed by atoms with Crippen LogP contribution in [-0.2, 0) is 5.60 Å². The first-order valence-corrected chi connectivity index (χ1v) is 18.6. The molecular weight excluding hydrogens is 821 g/mol. The molecule has 8 nitrogen and oxygen atoms in total. The van der Waals surface area contributed by atoms with Crippen LogP contribution in [0.4, 0.5) is 35.1 Å². The van der Waals surface area contributed by atoms with Gasteiger partial charge in [0.15, 0.2) is 0 Å². The van der Waals surface area contributed by atoms with Gasteiger partial charge in [0.2, 0.25) is 5.60 Å². The molecule has 0 saturated heterocycles. The zero-order chi connectivity index (χ0) is 43.8. The molecule has 10 aromatic rings. The van der Waals surface area contributed by atoms with Crippen LogP contribution >= 0.6 is 0 Å². The van der Waals surface area contributed by atoms with Gasteiger partial charge in [-0.25, -0.2) is 18.1 Å². The van der Waals surface area contributed by atoms with Crippen molar-refractivity contribution in [2.45, 2.75) is 18.0 Å². The number of carbonyl (C=O) groups excluding carboxylic acids is 1. The topological polar surface area (TPSA) is 105 Å². The second-order valence-corrected chi connectivity index (χ2v) is 14.0. The van der Waals surface area contributed by atoms with E-state index in [0.29, 0.717) is 38.7 Å². The van der Waals surface area contributed by atoms with Crippen molar-refractivity contribution in [1.29, 1.82) is 0 Å². The Kier molecular flexibility index (Phi) is 10.7. The van der Waals surface area contributed by atoms with Crippen LogP contribution in [0.1, 0.15) is 21.5 Å². The summed E-state index contributed by atoms with van der Waals surface area (Å²) in [5.74, 6) is -2.71. The van der Waals surface area contributed by atoms with Gasteiger partial charge in [-0.2, -0.15) is 36.5 Å². The fourth-order valence-corrected chi connectivity index (χ4v) is 7.01. The molecule has 0 spiro atoms. The lowest BCUT2D eigenvalue weighted by Gasteiger charge is -2.31. The molecule has 0 amide bonds. The second-order valence-electron chi connectivity index (χ2n) is 14.0. The number of nitrogens with one attached hydrogen (secondary N) is 2. The van der Waals surface area contributed by atoms with Gasteiger partial charge >= 0.3 is 12.4 Å². The number of fused-ring (bicyclic) bond motifs is 4. The van der Waals surface area contributed by atoms with E-state index in [0.717, 1.165) is 12.1 Å². The normalized spacial score (nSPS) is 12.8. The van der Waals surface area contributed by atoms with Crippen molar-refractivity contribution in [2.24, 2.45) is 0 Å². The Bertz CT molecular complexity index is 3150. The van der Waals surface area contributed by atoms with Gasteiger partial charge < -0.3 is 15.1 Å². The number of para-hydroxylation sites is 2. The van der Waals surface area contributed by atoms with E-state index < -0.39 is 40.9 Å². The predicted molar refractivity (Wildman–Crippen MR) is 218 cm³/mol. The molecule has 10 rings (SSSR count). The Morgan fingerprint density at radius 2 is 1.13 bits per heavy atom. The third kappa shape index (κ3) is 7.90. The minimum absolute atomic E-state index is 0.277. The highest BCUT2D eigenvalue weighted by Crippen LogP contribution is 2.47. The van der Waals surface area contributed by atoms with E-state index in [1.165, 1.54) is 118 Å². The number of ketones is 1. The lowest BCUT2D eigenvalue weighted by Crippen LogP contribution is -2.43. The van der Waals surface area contributed by atoms with Crippen LogP contribution in [0, 0.1) is 11.6 Å². The average Bonchev–Trinajstić information content (AvgIpc) is 4.09. The highest BCUT2D eigenvalue weighted by molar-refractivity contribution is 6.03. The quantitative estimate of drug-likeness (QED) is 0.118. The van der Waals surface area contributed by atoms with Gasteiger partial charge in [-0.3, -0.25) is 4.79 Å². The molecule has 62 heavy (non-hydrogen) atoms. The van der Waals surface area contributed by atoms with Gasteiger partial charge in [0, 0.05) is 50.7 Å². The Morgan fingerprint density at radius 3 is 1.71 bits per heavy atom. The summed E-state index contributed by atoms with van der Waals surface area (Å²) in [4.78, 5) is 17.1. The van der Waals surface area contributed by atoms with Crippen LogP contribution in [0.25, 0.3) is 55.0 Å². The van der Waals surface area contributed by atoms with Gasteiger partial charge in [0.25, 0.3) is 5.78 Å². The van der Waals surface area contributed by atoms with Crippen molar-refractivity contribution in [3.63, 3.8) is 0 Å². The lowest BCUT2D eigenvalue weighted by molar-refractivity contribution is -0.247. The first-order valence-electron chi connectivity index (χ1n) is 18.6. The summed E-state index contributed by atoms with van der Waals surface area (Å²) in [6.07, 6.45) is -3.99. The molecule has 0 aliphatic rings. The van der Waals surface area contributed by atoms with Crippen LogP contribution in [0.2, 0.25) is 0 Å². The van der Waals surface area contributed by atoms with Crippen molar-refractivity contribution < 1.29 is 45.0 Å². The van der Waals surface area contributed by atoms with Gasteiger partial charge in [-0.1, -0.05) is 42.5 Å². The van der Waals surface area contributed by atoms with Crippen LogP contribution in [0.3, 0.4) is 0 Å². The van der Waals surface area contributed by atoms with Crippen molar-refractivity contribution in [1.82, 2.24) is 29.5 Å². The number of carbonyl (C=O) groups is 1. The van der Waals surface area contributed by atoms with Crippen molar-refractivity contribution in [3.05, 3.63) is 193 Å². The van der Waals surface area contributed by atoms with Gasteiger partial charge in [-0.05, 0) is 108 Å². The van der Waals surface area contributed by atoms with Crippen molar-refractivity contribution >= 4 is 49.4 Å². The fraction of sp³-hybridized carbons (Fsp3) is 0.0652. The summed E-state index contributed by atoms with van der Waals surface area (Å²) < 4.78 is 109. The van der Waals surface area contributed by atoms with E-state index in [1.807, 2.05) is 18.3 Å². The SMILES string of the molecule is O=C(c1ccc2c(cnn2-c2ccc(F)cc2)c1)C(F)(F)F.OC(c1ccc2c(cnn2-c2ccc(F)cc2)c1)(c1c[nH]c2ccccc12)C(F)(F)F.c1ccc2[nH]ccc2c1. The molecule has 0 saturated carbocycles. The monoisotopic (exact) mass is 850 g/mol. The standard InChI is InChI=1S/C23H15F4N3O.C15H8F4N2O.C8H7N/c24-16-6-8-17(9-7-16)30-21-10-5-15(11-14(21)12-29-30)22(31,23(25,26)27)19-13-28-20-4-2-1-3-18(19)20;16-11-2-4-12(5-3-11)21-13-6-1-9(7-10(13)8-20-21)14(22)15(17,18)19;1-2-4-8-7(3-1)5-6-9-8/h1-13,28,31H;1-8H;1-6,9H. The molecule has 4 aromatic heterocycles. The number of hydrogen-bond donors (Lipinski definition) is 3. The summed E-state index contributed by atoms with van der Waals surface area (Å²) in [7, 11) is 0. The molecule has 0 bridgehead atoms. The van der Waals surface area contributed by atoms with Crippen LogP contribution in [0.5, 0.6) is 0 Å². The predicted octanol–water partition coefficient (Wildman–Crippen LogP) is 11.5. The van der Waals surface area contributed by atoms with Crippen LogP contribution in [0.15, 0.2) is 164 Å². The fourth-order valence-electron chi connectivity index (χ4n) is 7.01. The highest BCUT2D eigenvalue weighted by Gasteiger charge is 2.57. The molecule has 0 radical (unpaired) electrons.